The van der Waals surface area contributed by atoms with Crippen LogP contribution in [-0.2, 0) is 12.3 Å². The molecule has 0 aliphatic carbocycles. The van der Waals surface area contributed by atoms with Gasteiger partial charge in [0.2, 0.25) is 11.7 Å². The van der Waals surface area contributed by atoms with E-state index < -0.39 is 0 Å². The van der Waals surface area contributed by atoms with Gasteiger partial charge in [-0.2, -0.15) is 4.98 Å². The maximum absolute atomic E-state index is 13.0. The number of aromatic nitrogens is 2. The van der Waals surface area contributed by atoms with Gasteiger partial charge in [0, 0.05) is 17.7 Å². The van der Waals surface area contributed by atoms with E-state index in [9.17, 15) is 4.79 Å². The van der Waals surface area contributed by atoms with E-state index in [0.717, 1.165) is 15.5 Å². The van der Waals surface area contributed by atoms with Crippen molar-refractivity contribution >= 4 is 29.0 Å². The lowest BCUT2D eigenvalue weighted by molar-refractivity contribution is 0.0766. The fourth-order valence-electron chi connectivity index (χ4n) is 2.81. The Labute approximate surface area is 177 Å². The molecule has 146 valence electrons. The minimum Gasteiger partial charge on any atom is -0.337 e. The molecule has 2 aromatic heterocycles. The Morgan fingerprint density at radius 2 is 1.86 bits per heavy atom. The lowest BCUT2D eigenvalue weighted by Gasteiger charge is -2.17. The summed E-state index contributed by atoms with van der Waals surface area (Å²) in [5, 5.41) is 5.97. The lowest BCUT2D eigenvalue weighted by atomic mass is 10.2. The number of hydrogen-bond donors (Lipinski definition) is 0. The van der Waals surface area contributed by atoms with Crippen molar-refractivity contribution in [3.63, 3.8) is 0 Å². The molecule has 0 fully saturated rings. The molecular formula is C22H19N3O2S2. The van der Waals surface area contributed by atoms with Crippen LogP contribution in [0.5, 0.6) is 0 Å². The maximum atomic E-state index is 13.0. The zero-order valence-electron chi connectivity index (χ0n) is 15.8. The average molecular weight is 422 g/mol. The van der Waals surface area contributed by atoms with Crippen LogP contribution in [0.4, 0.5) is 0 Å². The molecule has 7 heteroatoms. The van der Waals surface area contributed by atoms with Crippen molar-refractivity contribution in [1.29, 1.82) is 0 Å². The third-order valence-corrected chi connectivity index (χ3v) is 6.29. The number of carbonyl (C=O) groups is 1. The zero-order valence-corrected chi connectivity index (χ0v) is 17.5. The smallest absolute Gasteiger partial charge is 0.255 e. The number of rotatable bonds is 7. The van der Waals surface area contributed by atoms with Gasteiger partial charge in [0.05, 0.1) is 17.0 Å². The van der Waals surface area contributed by atoms with Gasteiger partial charge in [0.1, 0.15) is 0 Å². The van der Waals surface area contributed by atoms with Crippen LogP contribution in [0.3, 0.4) is 0 Å². The van der Waals surface area contributed by atoms with Crippen LogP contribution in [0.2, 0.25) is 0 Å². The molecule has 5 nitrogen and oxygen atoms in total. The Morgan fingerprint density at radius 1 is 1.07 bits per heavy atom. The van der Waals surface area contributed by atoms with Gasteiger partial charge in [0.25, 0.3) is 5.91 Å². The second kappa shape index (κ2) is 9.07. The topological polar surface area (TPSA) is 59.2 Å². The maximum Gasteiger partial charge on any atom is 0.255 e. The molecule has 0 saturated carbocycles. The predicted octanol–water partition coefficient (Wildman–Crippen LogP) is 5.36. The third-order valence-electron chi connectivity index (χ3n) is 4.28. The highest BCUT2D eigenvalue weighted by Crippen LogP contribution is 2.27. The molecule has 0 bridgehead atoms. The Hall–Kier alpha value is -2.90. The molecule has 4 aromatic rings. The first-order valence-electron chi connectivity index (χ1n) is 9.08. The summed E-state index contributed by atoms with van der Waals surface area (Å²) in [4.78, 5) is 20.9. The summed E-state index contributed by atoms with van der Waals surface area (Å²) in [5.41, 5.74) is 1.90. The van der Waals surface area contributed by atoms with Gasteiger partial charge in [-0.3, -0.25) is 4.79 Å². The number of amides is 1. The van der Waals surface area contributed by atoms with Crippen LogP contribution in [0.1, 0.15) is 21.8 Å². The van der Waals surface area contributed by atoms with Crippen LogP contribution < -0.4 is 0 Å². The monoisotopic (exact) mass is 421 g/mol. The van der Waals surface area contributed by atoms with Crippen LogP contribution in [0, 0.1) is 0 Å². The van der Waals surface area contributed by atoms with Crippen LogP contribution in [0.25, 0.3) is 10.7 Å². The molecule has 0 spiro atoms. The summed E-state index contributed by atoms with van der Waals surface area (Å²) in [6.45, 7) is 0.259. The Morgan fingerprint density at radius 3 is 2.66 bits per heavy atom. The standard InChI is InChI=1S/C22H19N3O2S2/c1-25(14-20-23-21(24-27-20)19-12-7-13-28-19)22(26)17-10-5-6-11-18(17)29-15-16-8-3-2-4-9-16/h2-13H,14-15H2,1H3. The quantitative estimate of drug-likeness (QED) is 0.376. The fraction of sp³-hybridized carbons (Fsp3) is 0.136. The summed E-state index contributed by atoms with van der Waals surface area (Å²) < 4.78 is 5.33. The van der Waals surface area contributed by atoms with Crippen molar-refractivity contribution in [1.82, 2.24) is 15.0 Å². The summed E-state index contributed by atoms with van der Waals surface area (Å²) >= 11 is 3.21. The number of carbonyl (C=O) groups excluding carboxylic acids is 1. The first-order chi connectivity index (χ1) is 14.2. The van der Waals surface area contributed by atoms with E-state index >= 15 is 0 Å². The normalized spacial score (nSPS) is 10.8. The highest BCUT2D eigenvalue weighted by Gasteiger charge is 2.19. The molecule has 4 rings (SSSR count). The van der Waals surface area contributed by atoms with Gasteiger partial charge in [-0.05, 0) is 29.1 Å². The average Bonchev–Trinajstić information content (AvgIpc) is 3.44. The van der Waals surface area contributed by atoms with Crippen molar-refractivity contribution in [3.8, 4) is 10.7 Å². The van der Waals surface area contributed by atoms with Crippen molar-refractivity contribution in [2.45, 2.75) is 17.2 Å². The van der Waals surface area contributed by atoms with E-state index in [-0.39, 0.29) is 12.5 Å². The zero-order chi connectivity index (χ0) is 20.1. The first-order valence-corrected chi connectivity index (χ1v) is 10.9. The second-order valence-electron chi connectivity index (χ2n) is 6.42. The molecule has 0 saturated heterocycles. The molecule has 2 heterocycles. The van der Waals surface area contributed by atoms with E-state index in [1.165, 1.54) is 5.56 Å². The van der Waals surface area contributed by atoms with E-state index in [0.29, 0.717) is 17.3 Å². The molecule has 0 N–H and O–H groups in total. The Bertz CT molecular complexity index is 1080. The first kappa shape index (κ1) is 19.4. The SMILES string of the molecule is CN(Cc1nc(-c2cccs2)no1)C(=O)c1ccccc1SCc1ccccc1. The number of thiophene rings is 1. The van der Waals surface area contributed by atoms with E-state index in [4.69, 9.17) is 4.52 Å². The molecule has 0 aliphatic rings. The Balaban J connectivity index is 1.45. The molecule has 2 aromatic carbocycles. The summed E-state index contributed by atoms with van der Waals surface area (Å²) in [6.07, 6.45) is 0. The summed E-state index contributed by atoms with van der Waals surface area (Å²) in [6, 6.07) is 21.8. The van der Waals surface area contributed by atoms with Gasteiger partial charge in [-0.25, -0.2) is 0 Å². The number of thioether (sulfide) groups is 1. The second-order valence-corrected chi connectivity index (χ2v) is 8.39. The van der Waals surface area contributed by atoms with Gasteiger partial charge in [0.15, 0.2) is 0 Å². The van der Waals surface area contributed by atoms with Crippen LogP contribution >= 0.6 is 23.1 Å². The molecule has 0 atom stereocenters. The van der Waals surface area contributed by atoms with Gasteiger partial charge < -0.3 is 9.42 Å². The number of benzene rings is 2. The van der Waals surface area contributed by atoms with E-state index in [2.05, 4.69) is 22.3 Å². The minimum atomic E-state index is -0.0722. The molecule has 1 amide bonds. The van der Waals surface area contributed by atoms with Crippen molar-refractivity contribution in [3.05, 3.63) is 89.1 Å². The highest BCUT2D eigenvalue weighted by atomic mass is 32.2. The van der Waals surface area contributed by atoms with Crippen molar-refractivity contribution in [2.24, 2.45) is 0 Å². The number of hydrogen-bond acceptors (Lipinski definition) is 6. The van der Waals surface area contributed by atoms with E-state index in [1.54, 1.807) is 35.0 Å². The van der Waals surface area contributed by atoms with Crippen LogP contribution in [0.15, 0.2) is 81.5 Å². The number of nitrogens with zero attached hydrogens (tertiary/aromatic N) is 3. The molecule has 0 aliphatic heterocycles. The van der Waals surface area contributed by atoms with E-state index in [1.807, 2.05) is 60.0 Å². The third kappa shape index (κ3) is 4.75. The predicted molar refractivity (Wildman–Crippen MR) is 116 cm³/mol. The van der Waals surface area contributed by atoms with Gasteiger partial charge >= 0.3 is 0 Å². The van der Waals surface area contributed by atoms with Crippen molar-refractivity contribution < 1.29 is 9.32 Å². The molecule has 29 heavy (non-hydrogen) atoms. The Kier molecular flexibility index (Phi) is 6.07. The molecule has 0 radical (unpaired) electrons. The van der Waals surface area contributed by atoms with Gasteiger partial charge in [-0.15, -0.1) is 23.1 Å². The van der Waals surface area contributed by atoms with Gasteiger partial charge in [-0.1, -0.05) is 53.7 Å². The largest absolute Gasteiger partial charge is 0.337 e. The summed E-state index contributed by atoms with van der Waals surface area (Å²) in [7, 11) is 1.75. The summed E-state index contributed by atoms with van der Waals surface area (Å²) in [5.74, 6) is 1.70. The molecule has 0 unspecified atom stereocenters. The molecular weight excluding hydrogens is 402 g/mol. The minimum absolute atomic E-state index is 0.0722. The highest BCUT2D eigenvalue weighted by molar-refractivity contribution is 7.98. The lowest BCUT2D eigenvalue weighted by Crippen LogP contribution is -2.26. The fourth-order valence-corrected chi connectivity index (χ4v) is 4.46. The van der Waals surface area contributed by atoms with Crippen molar-refractivity contribution in [2.75, 3.05) is 7.05 Å². The van der Waals surface area contributed by atoms with Crippen LogP contribution in [-0.4, -0.2) is 28.0 Å².